The SMILES string of the molecule is COc1cc(C)c(C(=O)O)c(O)c1C(=O)OCc1ccccc1. The molecule has 2 aromatic rings. The van der Waals surface area contributed by atoms with Crippen molar-refractivity contribution in [3.63, 3.8) is 0 Å². The lowest BCUT2D eigenvalue weighted by Crippen LogP contribution is -2.11. The van der Waals surface area contributed by atoms with Crippen LogP contribution in [0.3, 0.4) is 0 Å². The number of carboxylic acids is 1. The summed E-state index contributed by atoms with van der Waals surface area (Å²) in [5.41, 5.74) is 0.403. The molecule has 0 aromatic heterocycles. The summed E-state index contributed by atoms with van der Waals surface area (Å²) >= 11 is 0. The highest BCUT2D eigenvalue weighted by Gasteiger charge is 2.26. The lowest BCUT2D eigenvalue weighted by atomic mass is 10.0. The molecule has 0 heterocycles. The third-order valence-corrected chi connectivity index (χ3v) is 3.31. The van der Waals surface area contributed by atoms with E-state index in [4.69, 9.17) is 9.47 Å². The molecule has 6 nitrogen and oxygen atoms in total. The first-order valence-corrected chi connectivity index (χ1v) is 6.80. The van der Waals surface area contributed by atoms with Crippen LogP contribution in [0, 0.1) is 6.92 Å². The van der Waals surface area contributed by atoms with Gasteiger partial charge in [-0.15, -0.1) is 0 Å². The Kier molecular flexibility index (Phi) is 4.85. The number of aromatic carboxylic acids is 1. The summed E-state index contributed by atoms with van der Waals surface area (Å²) in [7, 11) is 1.32. The zero-order chi connectivity index (χ0) is 17.0. The summed E-state index contributed by atoms with van der Waals surface area (Å²) in [6, 6.07) is 10.4. The Labute approximate surface area is 132 Å². The average Bonchev–Trinajstić information content (AvgIpc) is 2.52. The van der Waals surface area contributed by atoms with E-state index >= 15 is 0 Å². The number of aromatic hydroxyl groups is 1. The molecule has 0 fully saturated rings. The monoisotopic (exact) mass is 316 g/mol. The van der Waals surface area contributed by atoms with Gasteiger partial charge in [0.2, 0.25) is 0 Å². The van der Waals surface area contributed by atoms with E-state index in [2.05, 4.69) is 0 Å². The molecule has 0 aliphatic rings. The number of methoxy groups -OCH3 is 1. The predicted octanol–water partition coefficient (Wildman–Crippen LogP) is 2.76. The van der Waals surface area contributed by atoms with Crippen LogP contribution >= 0.6 is 0 Å². The second-order valence-corrected chi connectivity index (χ2v) is 4.86. The highest BCUT2D eigenvalue weighted by atomic mass is 16.5. The minimum absolute atomic E-state index is 0.00144. The highest BCUT2D eigenvalue weighted by molar-refractivity contribution is 6.02. The van der Waals surface area contributed by atoms with Gasteiger partial charge in [-0.05, 0) is 24.1 Å². The summed E-state index contributed by atoms with van der Waals surface area (Å²) in [5, 5.41) is 19.3. The second-order valence-electron chi connectivity index (χ2n) is 4.86. The number of ether oxygens (including phenoxy) is 2. The molecule has 0 saturated carbocycles. The van der Waals surface area contributed by atoms with Crippen molar-refractivity contribution >= 4 is 11.9 Å². The number of esters is 1. The second kappa shape index (κ2) is 6.83. The summed E-state index contributed by atoms with van der Waals surface area (Å²) in [4.78, 5) is 23.5. The normalized spacial score (nSPS) is 10.2. The van der Waals surface area contributed by atoms with Crippen molar-refractivity contribution in [2.45, 2.75) is 13.5 Å². The van der Waals surface area contributed by atoms with E-state index < -0.39 is 17.7 Å². The Hall–Kier alpha value is -3.02. The van der Waals surface area contributed by atoms with E-state index in [0.717, 1.165) is 5.56 Å². The van der Waals surface area contributed by atoms with Crippen LogP contribution in [0.25, 0.3) is 0 Å². The van der Waals surface area contributed by atoms with Gasteiger partial charge < -0.3 is 19.7 Å². The van der Waals surface area contributed by atoms with E-state index in [0.29, 0.717) is 0 Å². The first-order chi connectivity index (χ1) is 11.0. The largest absolute Gasteiger partial charge is 0.506 e. The number of hydrogen-bond acceptors (Lipinski definition) is 5. The van der Waals surface area contributed by atoms with E-state index in [1.54, 1.807) is 24.3 Å². The smallest absolute Gasteiger partial charge is 0.346 e. The number of carbonyl (C=O) groups excluding carboxylic acids is 1. The van der Waals surface area contributed by atoms with Gasteiger partial charge >= 0.3 is 11.9 Å². The lowest BCUT2D eigenvalue weighted by molar-refractivity contribution is 0.0465. The van der Waals surface area contributed by atoms with Crippen molar-refractivity contribution in [2.24, 2.45) is 0 Å². The van der Waals surface area contributed by atoms with Gasteiger partial charge in [-0.25, -0.2) is 9.59 Å². The topological polar surface area (TPSA) is 93.1 Å². The number of aryl methyl sites for hydroxylation is 1. The summed E-state index contributed by atoms with van der Waals surface area (Å²) < 4.78 is 10.2. The first kappa shape index (κ1) is 16.4. The number of phenols is 1. The van der Waals surface area contributed by atoms with E-state index in [-0.39, 0.29) is 29.0 Å². The molecule has 2 rings (SSSR count). The van der Waals surface area contributed by atoms with Gasteiger partial charge in [-0.1, -0.05) is 30.3 Å². The molecule has 0 saturated heterocycles. The van der Waals surface area contributed by atoms with E-state index in [1.165, 1.54) is 20.1 Å². The van der Waals surface area contributed by atoms with Crippen LogP contribution in [0.1, 0.15) is 31.8 Å². The van der Waals surface area contributed by atoms with Crippen LogP contribution in [0.2, 0.25) is 0 Å². The molecule has 0 atom stereocenters. The minimum atomic E-state index is -1.33. The molecule has 0 amide bonds. The third-order valence-electron chi connectivity index (χ3n) is 3.31. The Bertz CT molecular complexity index is 736. The van der Waals surface area contributed by atoms with Crippen molar-refractivity contribution in [3.8, 4) is 11.5 Å². The van der Waals surface area contributed by atoms with Crippen LogP contribution in [-0.4, -0.2) is 29.3 Å². The number of benzene rings is 2. The van der Waals surface area contributed by atoms with Gasteiger partial charge in [0.15, 0.2) is 0 Å². The number of carbonyl (C=O) groups is 2. The van der Waals surface area contributed by atoms with Crippen LogP contribution in [0.15, 0.2) is 36.4 Å². The Morgan fingerprint density at radius 2 is 1.78 bits per heavy atom. The number of rotatable bonds is 5. The molecule has 0 unspecified atom stereocenters. The Balaban J connectivity index is 2.35. The Morgan fingerprint density at radius 1 is 1.13 bits per heavy atom. The quantitative estimate of drug-likeness (QED) is 0.824. The maximum atomic E-state index is 12.2. The van der Waals surface area contributed by atoms with Gasteiger partial charge in [0.1, 0.15) is 29.2 Å². The van der Waals surface area contributed by atoms with Crippen molar-refractivity contribution in [1.82, 2.24) is 0 Å². The Morgan fingerprint density at radius 3 is 2.35 bits per heavy atom. The van der Waals surface area contributed by atoms with Crippen LogP contribution in [0.4, 0.5) is 0 Å². The van der Waals surface area contributed by atoms with Crippen molar-refractivity contribution in [3.05, 3.63) is 58.7 Å². The summed E-state index contributed by atoms with van der Waals surface area (Å²) in [6.07, 6.45) is 0. The standard InChI is InChI=1S/C17H16O6/c1-10-8-12(22-2)14(15(18)13(10)16(19)20)17(21)23-9-11-6-4-3-5-7-11/h3-8,18H,9H2,1-2H3,(H,19,20). The van der Waals surface area contributed by atoms with Crippen LogP contribution in [-0.2, 0) is 11.3 Å². The van der Waals surface area contributed by atoms with Crippen LogP contribution in [0.5, 0.6) is 11.5 Å². The fraction of sp³-hybridized carbons (Fsp3) is 0.176. The zero-order valence-electron chi connectivity index (χ0n) is 12.7. The van der Waals surface area contributed by atoms with Crippen molar-refractivity contribution in [2.75, 3.05) is 7.11 Å². The molecule has 2 N–H and O–H groups in total. The summed E-state index contributed by atoms with van der Waals surface area (Å²) in [6.45, 7) is 1.50. The first-order valence-electron chi connectivity index (χ1n) is 6.80. The van der Waals surface area contributed by atoms with E-state index in [9.17, 15) is 19.8 Å². The molecular formula is C17H16O6. The summed E-state index contributed by atoms with van der Waals surface area (Å²) in [5.74, 6) is -2.79. The third kappa shape index (κ3) is 3.42. The zero-order valence-corrected chi connectivity index (χ0v) is 12.7. The molecule has 2 aromatic carbocycles. The predicted molar refractivity (Wildman–Crippen MR) is 81.9 cm³/mol. The molecule has 0 bridgehead atoms. The highest BCUT2D eigenvalue weighted by Crippen LogP contribution is 2.34. The maximum absolute atomic E-state index is 12.2. The number of hydrogen-bond donors (Lipinski definition) is 2. The van der Waals surface area contributed by atoms with Gasteiger partial charge in [0.05, 0.1) is 7.11 Å². The van der Waals surface area contributed by atoms with Gasteiger partial charge in [-0.3, -0.25) is 0 Å². The molecular weight excluding hydrogens is 300 g/mol. The maximum Gasteiger partial charge on any atom is 0.346 e. The van der Waals surface area contributed by atoms with Gasteiger partial charge in [0.25, 0.3) is 0 Å². The van der Waals surface area contributed by atoms with Crippen LogP contribution < -0.4 is 4.74 Å². The molecule has 120 valence electrons. The minimum Gasteiger partial charge on any atom is -0.506 e. The molecule has 0 aliphatic heterocycles. The van der Waals surface area contributed by atoms with Gasteiger partial charge in [-0.2, -0.15) is 0 Å². The van der Waals surface area contributed by atoms with Gasteiger partial charge in [0, 0.05) is 0 Å². The van der Waals surface area contributed by atoms with Crippen molar-refractivity contribution < 1.29 is 29.3 Å². The lowest BCUT2D eigenvalue weighted by Gasteiger charge is -2.14. The average molecular weight is 316 g/mol. The molecule has 23 heavy (non-hydrogen) atoms. The molecule has 0 radical (unpaired) electrons. The fourth-order valence-electron chi connectivity index (χ4n) is 2.19. The van der Waals surface area contributed by atoms with Crippen molar-refractivity contribution in [1.29, 1.82) is 0 Å². The number of carboxylic acid groups (broad SMARTS) is 1. The molecule has 0 spiro atoms. The van der Waals surface area contributed by atoms with E-state index in [1.807, 2.05) is 6.07 Å². The molecule has 6 heteroatoms. The molecule has 0 aliphatic carbocycles. The fourth-order valence-corrected chi connectivity index (χ4v) is 2.19.